The Kier molecular flexibility index (Phi) is 5.80. The molecular weight excluding hydrogens is 296 g/mol. The minimum atomic E-state index is 0.325. The van der Waals surface area contributed by atoms with Crippen LogP contribution in [0.15, 0.2) is 6.07 Å². The van der Waals surface area contributed by atoms with Crippen molar-refractivity contribution in [1.82, 2.24) is 9.47 Å². The monoisotopic (exact) mass is 330 g/mol. The summed E-state index contributed by atoms with van der Waals surface area (Å²) in [5.74, 6) is 0.325. The number of likely N-dealkylation sites (tertiary alicyclic amines) is 1. The summed E-state index contributed by atoms with van der Waals surface area (Å²) in [5, 5.41) is 0. The van der Waals surface area contributed by atoms with Crippen LogP contribution in [0.1, 0.15) is 92.5 Å². The summed E-state index contributed by atoms with van der Waals surface area (Å²) in [7, 11) is 0. The molecule has 1 aromatic heterocycles. The van der Waals surface area contributed by atoms with Crippen LogP contribution >= 0.6 is 0 Å². The van der Waals surface area contributed by atoms with Crippen LogP contribution in [0.2, 0.25) is 0 Å². The second-order valence-corrected chi connectivity index (χ2v) is 7.90. The van der Waals surface area contributed by atoms with Gasteiger partial charge in [-0.3, -0.25) is 9.69 Å². The van der Waals surface area contributed by atoms with Crippen LogP contribution in [0.5, 0.6) is 0 Å². The molecule has 2 fully saturated rings. The molecule has 1 unspecified atom stereocenters. The third-order valence-corrected chi connectivity index (χ3v) is 6.29. The first-order valence-corrected chi connectivity index (χ1v) is 10.1. The van der Waals surface area contributed by atoms with E-state index in [2.05, 4.69) is 36.3 Å². The zero-order chi connectivity index (χ0) is 17.1. The fourth-order valence-corrected chi connectivity index (χ4v) is 4.96. The van der Waals surface area contributed by atoms with E-state index in [9.17, 15) is 4.79 Å². The molecule has 1 aromatic rings. The SMILES string of the molecule is CCC1CCCCN1CC(=O)c1cc(C)n(C2CCCCC2)c1C. The second-order valence-electron chi connectivity index (χ2n) is 7.90. The summed E-state index contributed by atoms with van der Waals surface area (Å²) < 4.78 is 2.46. The van der Waals surface area contributed by atoms with Gasteiger partial charge in [0.15, 0.2) is 5.78 Å². The Balaban J connectivity index is 1.75. The molecule has 24 heavy (non-hydrogen) atoms. The number of Topliss-reactive ketones (excluding diaryl/α,β-unsaturated/α-hetero) is 1. The molecule has 0 bridgehead atoms. The Morgan fingerprint density at radius 2 is 1.79 bits per heavy atom. The van der Waals surface area contributed by atoms with Crippen LogP contribution in [-0.4, -0.2) is 34.4 Å². The summed E-state index contributed by atoms with van der Waals surface area (Å²) in [4.78, 5) is 15.4. The number of rotatable bonds is 5. The molecule has 2 heterocycles. The lowest BCUT2D eigenvalue weighted by Gasteiger charge is -2.34. The molecular formula is C21H34N2O. The summed E-state index contributed by atoms with van der Waals surface area (Å²) in [5.41, 5.74) is 3.45. The summed E-state index contributed by atoms with van der Waals surface area (Å²) in [6.45, 7) is 8.28. The maximum atomic E-state index is 13.0. The molecule has 0 aromatic carbocycles. The van der Waals surface area contributed by atoms with E-state index in [4.69, 9.17) is 0 Å². The minimum absolute atomic E-state index is 0.325. The highest BCUT2D eigenvalue weighted by molar-refractivity contribution is 5.99. The van der Waals surface area contributed by atoms with Gasteiger partial charge in [0.1, 0.15) is 0 Å². The van der Waals surface area contributed by atoms with Gasteiger partial charge in [0.05, 0.1) is 6.54 Å². The topological polar surface area (TPSA) is 25.2 Å². The molecule has 1 saturated carbocycles. The number of ketones is 1. The number of aromatic nitrogens is 1. The number of carbonyl (C=O) groups excluding carboxylic acids is 1. The predicted octanol–water partition coefficient (Wildman–Crippen LogP) is 5.06. The van der Waals surface area contributed by atoms with E-state index >= 15 is 0 Å². The van der Waals surface area contributed by atoms with Gasteiger partial charge in [0.25, 0.3) is 0 Å². The Labute approximate surface area is 147 Å². The van der Waals surface area contributed by atoms with Crippen molar-refractivity contribution in [3.63, 3.8) is 0 Å². The van der Waals surface area contributed by atoms with Crippen LogP contribution in [0, 0.1) is 13.8 Å². The zero-order valence-electron chi connectivity index (χ0n) is 15.8. The van der Waals surface area contributed by atoms with Crippen molar-refractivity contribution >= 4 is 5.78 Å². The van der Waals surface area contributed by atoms with E-state index in [1.807, 2.05) is 0 Å². The number of carbonyl (C=O) groups is 1. The van der Waals surface area contributed by atoms with Crippen LogP contribution in [0.25, 0.3) is 0 Å². The quantitative estimate of drug-likeness (QED) is 0.705. The van der Waals surface area contributed by atoms with Crippen molar-refractivity contribution in [1.29, 1.82) is 0 Å². The highest BCUT2D eigenvalue weighted by Crippen LogP contribution is 2.32. The third-order valence-electron chi connectivity index (χ3n) is 6.29. The van der Waals surface area contributed by atoms with Gasteiger partial charge >= 0.3 is 0 Å². The maximum Gasteiger partial charge on any atom is 0.178 e. The van der Waals surface area contributed by atoms with Crippen LogP contribution in [-0.2, 0) is 0 Å². The normalized spacial score (nSPS) is 23.5. The molecule has 1 atom stereocenters. The van der Waals surface area contributed by atoms with E-state index < -0.39 is 0 Å². The maximum absolute atomic E-state index is 13.0. The number of aryl methyl sites for hydroxylation is 1. The lowest BCUT2D eigenvalue weighted by Crippen LogP contribution is -2.42. The Morgan fingerprint density at radius 3 is 2.50 bits per heavy atom. The van der Waals surface area contributed by atoms with Gasteiger partial charge in [0.2, 0.25) is 0 Å². The van der Waals surface area contributed by atoms with E-state index in [1.165, 1.54) is 62.8 Å². The molecule has 2 aliphatic rings. The van der Waals surface area contributed by atoms with Gasteiger partial charge in [-0.2, -0.15) is 0 Å². The van der Waals surface area contributed by atoms with Gasteiger partial charge < -0.3 is 4.57 Å². The van der Waals surface area contributed by atoms with E-state index in [1.54, 1.807) is 0 Å². The lowest BCUT2D eigenvalue weighted by atomic mass is 9.95. The highest BCUT2D eigenvalue weighted by atomic mass is 16.1. The first-order valence-electron chi connectivity index (χ1n) is 10.1. The average Bonchev–Trinajstić information content (AvgIpc) is 2.90. The zero-order valence-corrected chi connectivity index (χ0v) is 15.8. The first-order chi connectivity index (χ1) is 11.6. The number of piperidine rings is 1. The summed E-state index contributed by atoms with van der Waals surface area (Å²) in [6.07, 6.45) is 11.6. The molecule has 3 nitrogen and oxygen atoms in total. The number of nitrogens with zero attached hydrogens (tertiary/aromatic N) is 2. The number of hydrogen-bond donors (Lipinski definition) is 0. The van der Waals surface area contributed by atoms with Gasteiger partial charge in [-0.25, -0.2) is 0 Å². The Morgan fingerprint density at radius 1 is 1.08 bits per heavy atom. The smallest absolute Gasteiger partial charge is 0.178 e. The van der Waals surface area contributed by atoms with Crippen LogP contribution < -0.4 is 0 Å². The predicted molar refractivity (Wildman–Crippen MR) is 99.9 cm³/mol. The van der Waals surface area contributed by atoms with E-state index in [0.717, 1.165) is 18.5 Å². The van der Waals surface area contributed by atoms with Crippen molar-refractivity contribution in [2.45, 2.75) is 90.6 Å². The largest absolute Gasteiger partial charge is 0.345 e. The van der Waals surface area contributed by atoms with E-state index in [-0.39, 0.29) is 0 Å². The van der Waals surface area contributed by atoms with Crippen molar-refractivity contribution in [2.75, 3.05) is 13.1 Å². The lowest BCUT2D eigenvalue weighted by molar-refractivity contribution is 0.0837. The minimum Gasteiger partial charge on any atom is -0.345 e. The van der Waals surface area contributed by atoms with Crippen molar-refractivity contribution in [2.24, 2.45) is 0 Å². The van der Waals surface area contributed by atoms with Gasteiger partial charge in [-0.05, 0) is 58.6 Å². The Bertz CT molecular complexity index is 569. The van der Waals surface area contributed by atoms with Crippen LogP contribution in [0.3, 0.4) is 0 Å². The number of hydrogen-bond acceptors (Lipinski definition) is 2. The van der Waals surface area contributed by atoms with Gasteiger partial charge in [-0.15, -0.1) is 0 Å². The standard InChI is InChI=1S/C21H34N2O/c1-4-18-10-8-9-13-22(18)15-21(24)20-14-16(2)23(17(20)3)19-11-6-5-7-12-19/h14,18-19H,4-13,15H2,1-3H3. The van der Waals surface area contributed by atoms with Crippen molar-refractivity contribution in [3.05, 3.63) is 23.0 Å². The molecule has 0 amide bonds. The molecule has 1 aliphatic heterocycles. The second kappa shape index (κ2) is 7.86. The molecule has 0 radical (unpaired) electrons. The Hall–Kier alpha value is -1.09. The molecule has 1 aliphatic carbocycles. The molecule has 134 valence electrons. The fourth-order valence-electron chi connectivity index (χ4n) is 4.96. The average molecular weight is 331 g/mol. The third kappa shape index (κ3) is 3.61. The fraction of sp³-hybridized carbons (Fsp3) is 0.762. The molecule has 0 N–H and O–H groups in total. The summed E-state index contributed by atoms with van der Waals surface area (Å²) >= 11 is 0. The highest BCUT2D eigenvalue weighted by Gasteiger charge is 2.26. The summed E-state index contributed by atoms with van der Waals surface area (Å²) in [6, 6.07) is 3.36. The van der Waals surface area contributed by atoms with Crippen molar-refractivity contribution in [3.8, 4) is 0 Å². The van der Waals surface area contributed by atoms with Gasteiger partial charge in [0, 0.05) is 29.0 Å². The van der Waals surface area contributed by atoms with E-state index in [0.29, 0.717) is 24.4 Å². The molecule has 3 heteroatoms. The van der Waals surface area contributed by atoms with Crippen LogP contribution in [0.4, 0.5) is 0 Å². The van der Waals surface area contributed by atoms with Crippen molar-refractivity contribution < 1.29 is 4.79 Å². The molecule has 3 rings (SSSR count). The molecule has 0 spiro atoms. The first kappa shape index (κ1) is 17.7. The molecule has 1 saturated heterocycles. The van der Waals surface area contributed by atoms with Gasteiger partial charge in [-0.1, -0.05) is 32.6 Å².